The van der Waals surface area contributed by atoms with Crippen molar-refractivity contribution >= 4 is 0 Å². The predicted molar refractivity (Wildman–Crippen MR) is 74.2 cm³/mol. The van der Waals surface area contributed by atoms with Crippen LogP contribution in [0.25, 0.3) is 0 Å². The molecule has 1 aliphatic carbocycles. The van der Waals surface area contributed by atoms with Crippen molar-refractivity contribution in [3.63, 3.8) is 0 Å². The molecule has 0 aliphatic heterocycles. The van der Waals surface area contributed by atoms with Crippen LogP contribution in [-0.2, 0) is 0 Å². The third-order valence-corrected chi connectivity index (χ3v) is 3.96. The maximum atomic E-state index is 9.41. The number of hydrogen-bond donors (Lipinski definition) is 0. The summed E-state index contributed by atoms with van der Waals surface area (Å²) in [6, 6.07) is 10.2. The molecule has 3 nitrogen and oxygen atoms in total. The topological polar surface area (TPSA) is 42.2 Å². The van der Waals surface area contributed by atoms with Crippen molar-refractivity contribution in [2.24, 2.45) is 5.41 Å². The van der Waals surface area contributed by atoms with Crippen LogP contribution in [0, 0.1) is 16.7 Å². The Morgan fingerprint density at radius 2 is 1.84 bits per heavy atom. The highest BCUT2D eigenvalue weighted by Gasteiger charge is 2.31. The molecule has 1 aromatic rings. The van der Waals surface area contributed by atoms with Crippen LogP contribution < -0.4 is 9.47 Å². The van der Waals surface area contributed by atoms with E-state index in [-0.39, 0.29) is 5.41 Å². The molecule has 0 amide bonds. The first-order chi connectivity index (χ1) is 9.29. The minimum absolute atomic E-state index is 0.166. The van der Waals surface area contributed by atoms with E-state index in [4.69, 9.17) is 9.47 Å². The number of nitriles is 1. The minimum Gasteiger partial charge on any atom is -0.493 e. The van der Waals surface area contributed by atoms with Gasteiger partial charge >= 0.3 is 0 Å². The first kappa shape index (κ1) is 13.7. The highest BCUT2D eigenvalue weighted by molar-refractivity contribution is 5.39. The fourth-order valence-corrected chi connectivity index (χ4v) is 2.74. The quantitative estimate of drug-likeness (QED) is 0.804. The van der Waals surface area contributed by atoms with Crippen molar-refractivity contribution < 1.29 is 9.47 Å². The van der Waals surface area contributed by atoms with Gasteiger partial charge in [-0.2, -0.15) is 5.26 Å². The molecule has 0 aromatic heterocycles. The van der Waals surface area contributed by atoms with Gasteiger partial charge in [0.15, 0.2) is 11.5 Å². The smallest absolute Gasteiger partial charge is 0.161 e. The number of para-hydroxylation sites is 2. The Bertz CT molecular complexity index is 444. The van der Waals surface area contributed by atoms with E-state index >= 15 is 0 Å². The van der Waals surface area contributed by atoms with Gasteiger partial charge in [-0.05, 0) is 25.0 Å². The third kappa shape index (κ3) is 3.41. The van der Waals surface area contributed by atoms with Crippen LogP contribution in [0.1, 0.15) is 38.5 Å². The van der Waals surface area contributed by atoms with Crippen molar-refractivity contribution in [3.05, 3.63) is 24.3 Å². The average molecular weight is 259 g/mol. The second kappa shape index (κ2) is 6.47. The minimum atomic E-state index is -0.166. The summed E-state index contributed by atoms with van der Waals surface area (Å²) in [5, 5.41) is 9.41. The number of nitrogens with zero attached hydrogens (tertiary/aromatic N) is 1. The lowest BCUT2D eigenvalue weighted by molar-refractivity contribution is 0.190. The highest BCUT2D eigenvalue weighted by Crippen LogP contribution is 2.39. The second-order valence-corrected chi connectivity index (χ2v) is 5.20. The van der Waals surface area contributed by atoms with Gasteiger partial charge in [0, 0.05) is 6.42 Å². The van der Waals surface area contributed by atoms with Gasteiger partial charge in [-0.1, -0.05) is 31.4 Å². The molecule has 1 saturated carbocycles. The summed E-state index contributed by atoms with van der Waals surface area (Å²) in [4.78, 5) is 0. The van der Waals surface area contributed by atoms with E-state index in [1.165, 1.54) is 19.3 Å². The Morgan fingerprint density at radius 3 is 2.47 bits per heavy atom. The van der Waals surface area contributed by atoms with Crippen LogP contribution in [0.4, 0.5) is 0 Å². The zero-order valence-corrected chi connectivity index (χ0v) is 11.5. The first-order valence-corrected chi connectivity index (χ1v) is 6.97. The van der Waals surface area contributed by atoms with E-state index in [0.717, 1.165) is 30.8 Å². The lowest BCUT2D eigenvalue weighted by Crippen LogP contribution is -2.24. The molecule has 0 atom stereocenters. The standard InChI is InChI=1S/C16H21NO2/c1-18-14-7-3-4-8-15(14)19-12-11-16(13-17)9-5-2-6-10-16/h3-4,7-8H,2,5-6,9-12H2,1H3. The lowest BCUT2D eigenvalue weighted by atomic mass is 9.73. The van der Waals surface area contributed by atoms with E-state index < -0.39 is 0 Å². The molecule has 0 N–H and O–H groups in total. The Hall–Kier alpha value is -1.69. The molecule has 0 spiro atoms. The fraction of sp³-hybridized carbons (Fsp3) is 0.562. The van der Waals surface area contributed by atoms with Gasteiger partial charge in [0.2, 0.25) is 0 Å². The summed E-state index contributed by atoms with van der Waals surface area (Å²) in [6.07, 6.45) is 6.43. The Morgan fingerprint density at radius 1 is 1.16 bits per heavy atom. The van der Waals surface area contributed by atoms with Crippen LogP contribution in [-0.4, -0.2) is 13.7 Å². The molecular weight excluding hydrogens is 238 g/mol. The highest BCUT2D eigenvalue weighted by atomic mass is 16.5. The molecule has 0 bridgehead atoms. The molecule has 19 heavy (non-hydrogen) atoms. The number of methoxy groups -OCH3 is 1. The van der Waals surface area contributed by atoms with Crippen molar-refractivity contribution in [1.82, 2.24) is 0 Å². The van der Waals surface area contributed by atoms with Gasteiger partial charge in [0.05, 0.1) is 25.2 Å². The molecule has 102 valence electrons. The number of rotatable bonds is 5. The largest absolute Gasteiger partial charge is 0.493 e. The fourth-order valence-electron chi connectivity index (χ4n) is 2.74. The Balaban J connectivity index is 1.90. The summed E-state index contributed by atoms with van der Waals surface area (Å²) >= 11 is 0. The zero-order valence-electron chi connectivity index (χ0n) is 11.5. The van der Waals surface area contributed by atoms with Crippen molar-refractivity contribution in [3.8, 4) is 17.6 Å². The van der Waals surface area contributed by atoms with Crippen LogP contribution in [0.2, 0.25) is 0 Å². The molecule has 0 unspecified atom stereocenters. The molecule has 0 saturated heterocycles. The van der Waals surface area contributed by atoms with Crippen molar-refractivity contribution in [2.75, 3.05) is 13.7 Å². The molecule has 0 radical (unpaired) electrons. The van der Waals surface area contributed by atoms with E-state index in [2.05, 4.69) is 6.07 Å². The van der Waals surface area contributed by atoms with E-state index in [1.807, 2.05) is 24.3 Å². The summed E-state index contributed by atoms with van der Waals surface area (Å²) in [5.74, 6) is 1.51. The van der Waals surface area contributed by atoms with Gasteiger partial charge in [-0.25, -0.2) is 0 Å². The average Bonchev–Trinajstić information content (AvgIpc) is 2.49. The van der Waals surface area contributed by atoms with Crippen LogP contribution in [0.5, 0.6) is 11.5 Å². The normalized spacial score (nSPS) is 17.5. The SMILES string of the molecule is COc1ccccc1OCCC1(C#N)CCCCC1. The summed E-state index contributed by atoms with van der Waals surface area (Å²) in [5.41, 5.74) is -0.166. The Labute approximate surface area is 115 Å². The maximum absolute atomic E-state index is 9.41. The summed E-state index contributed by atoms with van der Waals surface area (Å²) in [6.45, 7) is 0.577. The molecule has 1 fully saturated rings. The molecule has 2 rings (SSSR count). The molecule has 1 aromatic carbocycles. The van der Waals surface area contributed by atoms with Gasteiger partial charge < -0.3 is 9.47 Å². The van der Waals surface area contributed by atoms with E-state index in [0.29, 0.717) is 6.61 Å². The number of ether oxygens (including phenoxy) is 2. The Kier molecular flexibility index (Phi) is 4.68. The zero-order chi connectivity index (χ0) is 13.6. The van der Waals surface area contributed by atoms with Gasteiger partial charge in [-0.3, -0.25) is 0 Å². The molecular formula is C16H21NO2. The first-order valence-electron chi connectivity index (χ1n) is 6.97. The monoisotopic (exact) mass is 259 g/mol. The molecule has 1 aliphatic rings. The van der Waals surface area contributed by atoms with Crippen LogP contribution >= 0.6 is 0 Å². The molecule has 0 heterocycles. The number of hydrogen-bond acceptors (Lipinski definition) is 3. The maximum Gasteiger partial charge on any atom is 0.161 e. The van der Waals surface area contributed by atoms with Gasteiger partial charge in [0.25, 0.3) is 0 Å². The second-order valence-electron chi connectivity index (χ2n) is 5.20. The van der Waals surface area contributed by atoms with E-state index in [1.54, 1.807) is 7.11 Å². The molecule has 3 heteroatoms. The predicted octanol–water partition coefficient (Wildman–Crippen LogP) is 3.94. The van der Waals surface area contributed by atoms with Gasteiger partial charge in [-0.15, -0.1) is 0 Å². The summed E-state index contributed by atoms with van der Waals surface area (Å²) < 4.78 is 11.0. The third-order valence-electron chi connectivity index (χ3n) is 3.96. The lowest BCUT2D eigenvalue weighted by Gasteiger charge is -2.30. The van der Waals surface area contributed by atoms with Crippen molar-refractivity contribution in [2.45, 2.75) is 38.5 Å². The van der Waals surface area contributed by atoms with Crippen LogP contribution in [0.15, 0.2) is 24.3 Å². The van der Waals surface area contributed by atoms with Gasteiger partial charge in [0.1, 0.15) is 0 Å². The van der Waals surface area contributed by atoms with Crippen LogP contribution in [0.3, 0.4) is 0 Å². The van der Waals surface area contributed by atoms with Crippen molar-refractivity contribution in [1.29, 1.82) is 5.26 Å². The number of benzene rings is 1. The van der Waals surface area contributed by atoms with E-state index in [9.17, 15) is 5.26 Å². The summed E-state index contributed by atoms with van der Waals surface area (Å²) in [7, 11) is 1.64.